The number of hydrogen-bond donors (Lipinski definition) is 1. The summed E-state index contributed by atoms with van der Waals surface area (Å²) >= 11 is 0. The minimum atomic E-state index is 0.398. The van der Waals surface area contributed by atoms with Gasteiger partial charge in [0.25, 0.3) is 0 Å². The van der Waals surface area contributed by atoms with Crippen LogP contribution in [0.4, 0.5) is 5.69 Å². The number of fused-ring (bicyclic) bond motifs is 1. The maximum Gasteiger partial charge on any atom is 0.161 e. The standard InChI is InChI=1S/C17H19NO2/c1-11-3-5-15(18)14(7-11)13-4-6-16-17(8-13)20-10-12(2)9-19-16/h3-8,12H,9-10,18H2,1-2H3. The molecule has 1 aliphatic rings. The number of anilines is 1. The SMILES string of the molecule is Cc1ccc(N)c(-c2ccc3c(c2)OCC(C)CO3)c1. The molecule has 1 unspecified atom stereocenters. The highest BCUT2D eigenvalue weighted by atomic mass is 16.5. The minimum Gasteiger partial charge on any atom is -0.489 e. The number of aryl methyl sites for hydroxylation is 1. The quantitative estimate of drug-likeness (QED) is 0.804. The van der Waals surface area contributed by atoms with Gasteiger partial charge in [0, 0.05) is 17.2 Å². The topological polar surface area (TPSA) is 44.5 Å². The summed E-state index contributed by atoms with van der Waals surface area (Å²) in [5, 5.41) is 0. The summed E-state index contributed by atoms with van der Waals surface area (Å²) in [4.78, 5) is 0. The minimum absolute atomic E-state index is 0.398. The Bertz CT molecular complexity index is 637. The van der Waals surface area contributed by atoms with Crippen LogP contribution in [-0.4, -0.2) is 13.2 Å². The summed E-state index contributed by atoms with van der Waals surface area (Å²) in [6.45, 7) is 5.55. The number of nitrogen functional groups attached to an aromatic ring is 1. The van der Waals surface area contributed by atoms with Crippen LogP contribution >= 0.6 is 0 Å². The van der Waals surface area contributed by atoms with Crippen LogP contribution in [0.5, 0.6) is 11.5 Å². The highest BCUT2D eigenvalue weighted by Gasteiger charge is 2.16. The maximum atomic E-state index is 6.08. The Labute approximate surface area is 119 Å². The predicted molar refractivity (Wildman–Crippen MR) is 81.2 cm³/mol. The molecule has 3 heteroatoms. The fourth-order valence-electron chi connectivity index (χ4n) is 2.34. The molecule has 0 spiro atoms. The molecule has 1 atom stereocenters. The van der Waals surface area contributed by atoms with E-state index < -0.39 is 0 Å². The van der Waals surface area contributed by atoms with Gasteiger partial charge in [-0.25, -0.2) is 0 Å². The van der Waals surface area contributed by atoms with E-state index in [9.17, 15) is 0 Å². The Morgan fingerprint density at radius 1 is 1.00 bits per heavy atom. The third-order valence-electron chi connectivity index (χ3n) is 3.51. The first kappa shape index (κ1) is 12.9. The molecule has 2 aromatic rings. The molecule has 2 N–H and O–H groups in total. The Morgan fingerprint density at radius 3 is 2.55 bits per heavy atom. The lowest BCUT2D eigenvalue weighted by Crippen LogP contribution is -2.12. The van der Waals surface area contributed by atoms with Crippen LogP contribution in [0.2, 0.25) is 0 Å². The first-order valence-electron chi connectivity index (χ1n) is 6.89. The van der Waals surface area contributed by atoms with E-state index in [1.165, 1.54) is 5.56 Å². The number of ether oxygens (including phenoxy) is 2. The largest absolute Gasteiger partial charge is 0.489 e. The monoisotopic (exact) mass is 269 g/mol. The van der Waals surface area contributed by atoms with Crippen molar-refractivity contribution in [2.75, 3.05) is 18.9 Å². The van der Waals surface area contributed by atoms with Crippen LogP contribution in [0.3, 0.4) is 0 Å². The molecule has 0 aromatic heterocycles. The third kappa shape index (κ3) is 2.44. The molecule has 0 radical (unpaired) electrons. The molecule has 1 aliphatic heterocycles. The second-order valence-electron chi connectivity index (χ2n) is 5.48. The first-order valence-corrected chi connectivity index (χ1v) is 6.89. The molecule has 20 heavy (non-hydrogen) atoms. The van der Waals surface area contributed by atoms with Crippen LogP contribution in [0.15, 0.2) is 36.4 Å². The van der Waals surface area contributed by atoms with Gasteiger partial charge in [-0.15, -0.1) is 0 Å². The van der Waals surface area contributed by atoms with E-state index in [1.807, 2.05) is 30.3 Å². The second-order valence-corrected chi connectivity index (χ2v) is 5.48. The molecule has 0 fully saturated rings. The molecule has 0 amide bonds. The lowest BCUT2D eigenvalue weighted by atomic mass is 10.0. The van der Waals surface area contributed by atoms with E-state index in [2.05, 4.69) is 19.9 Å². The van der Waals surface area contributed by atoms with Crippen molar-refractivity contribution in [2.24, 2.45) is 5.92 Å². The van der Waals surface area contributed by atoms with E-state index in [-0.39, 0.29) is 0 Å². The summed E-state index contributed by atoms with van der Waals surface area (Å²) in [6, 6.07) is 12.1. The molecule has 2 aromatic carbocycles. The Balaban J connectivity index is 2.02. The summed E-state index contributed by atoms with van der Waals surface area (Å²) in [7, 11) is 0. The van der Waals surface area contributed by atoms with E-state index >= 15 is 0 Å². The van der Waals surface area contributed by atoms with E-state index in [1.54, 1.807) is 0 Å². The van der Waals surface area contributed by atoms with Gasteiger partial charge in [-0.2, -0.15) is 0 Å². The van der Waals surface area contributed by atoms with Crippen LogP contribution in [0.1, 0.15) is 12.5 Å². The molecule has 3 nitrogen and oxygen atoms in total. The van der Waals surface area contributed by atoms with Crippen molar-refractivity contribution in [3.05, 3.63) is 42.0 Å². The van der Waals surface area contributed by atoms with Gasteiger partial charge in [-0.1, -0.05) is 24.6 Å². The zero-order valence-corrected chi connectivity index (χ0v) is 11.8. The molecular weight excluding hydrogens is 250 g/mol. The molecule has 0 saturated carbocycles. The normalized spacial score (nSPS) is 17.6. The fraction of sp³-hybridized carbons (Fsp3) is 0.294. The molecule has 0 bridgehead atoms. The van der Waals surface area contributed by atoms with Gasteiger partial charge in [-0.05, 0) is 36.8 Å². The predicted octanol–water partition coefficient (Wildman–Crippen LogP) is 3.65. The van der Waals surface area contributed by atoms with Crippen molar-refractivity contribution in [1.29, 1.82) is 0 Å². The van der Waals surface area contributed by atoms with Gasteiger partial charge in [0.1, 0.15) is 0 Å². The molecule has 0 aliphatic carbocycles. The lowest BCUT2D eigenvalue weighted by Gasteiger charge is -2.11. The average Bonchev–Trinajstić information content (AvgIpc) is 2.63. The van der Waals surface area contributed by atoms with Crippen molar-refractivity contribution >= 4 is 5.69 Å². The summed E-state index contributed by atoms with van der Waals surface area (Å²) in [5.74, 6) is 2.01. The fourth-order valence-corrected chi connectivity index (χ4v) is 2.34. The zero-order valence-electron chi connectivity index (χ0n) is 11.8. The van der Waals surface area contributed by atoms with Crippen LogP contribution < -0.4 is 15.2 Å². The summed E-state index contributed by atoms with van der Waals surface area (Å²) < 4.78 is 11.6. The van der Waals surface area contributed by atoms with Gasteiger partial charge < -0.3 is 15.2 Å². The molecule has 1 heterocycles. The van der Waals surface area contributed by atoms with Crippen molar-refractivity contribution in [3.63, 3.8) is 0 Å². The number of rotatable bonds is 1. The van der Waals surface area contributed by atoms with Crippen molar-refractivity contribution < 1.29 is 9.47 Å². The van der Waals surface area contributed by atoms with Crippen LogP contribution in [0, 0.1) is 12.8 Å². The van der Waals surface area contributed by atoms with E-state index in [0.717, 1.165) is 28.3 Å². The second kappa shape index (κ2) is 5.08. The van der Waals surface area contributed by atoms with E-state index in [4.69, 9.17) is 15.2 Å². The highest BCUT2D eigenvalue weighted by molar-refractivity contribution is 5.78. The zero-order chi connectivity index (χ0) is 14.1. The van der Waals surface area contributed by atoms with Crippen molar-refractivity contribution in [1.82, 2.24) is 0 Å². The Morgan fingerprint density at radius 2 is 1.75 bits per heavy atom. The van der Waals surface area contributed by atoms with Gasteiger partial charge in [0.2, 0.25) is 0 Å². The highest BCUT2D eigenvalue weighted by Crippen LogP contribution is 2.36. The average molecular weight is 269 g/mol. The number of benzene rings is 2. The first-order chi connectivity index (χ1) is 9.63. The van der Waals surface area contributed by atoms with Gasteiger partial charge in [0.15, 0.2) is 11.5 Å². The Hall–Kier alpha value is -2.16. The van der Waals surface area contributed by atoms with Gasteiger partial charge >= 0.3 is 0 Å². The van der Waals surface area contributed by atoms with Crippen LogP contribution in [-0.2, 0) is 0 Å². The number of nitrogens with two attached hydrogens (primary N) is 1. The summed E-state index contributed by atoms with van der Waals surface area (Å²) in [6.07, 6.45) is 0. The molecular formula is C17H19NO2. The van der Waals surface area contributed by atoms with E-state index in [0.29, 0.717) is 19.1 Å². The lowest BCUT2D eigenvalue weighted by molar-refractivity contribution is 0.228. The third-order valence-corrected chi connectivity index (χ3v) is 3.51. The smallest absolute Gasteiger partial charge is 0.161 e. The maximum absolute atomic E-state index is 6.08. The van der Waals surface area contributed by atoms with Crippen molar-refractivity contribution in [3.8, 4) is 22.6 Å². The molecule has 3 rings (SSSR count). The van der Waals surface area contributed by atoms with Crippen LogP contribution in [0.25, 0.3) is 11.1 Å². The molecule has 104 valence electrons. The van der Waals surface area contributed by atoms with Gasteiger partial charge in [0.05, 0.1) is 13.2 Å². The van der Waals surface area contributed by atoms with Gasteiger partial charge in [-0.3, -0.25) is 0 Å². The summed E-state index contributed by atoms with van der Waals surface area (Å²) in [5.41, 5.74) is 10.1. The van der Waals surface area contributed by atoms with Crippen molar-refractivity contribution in [2.45, 2.75) is 13.8 Å². The Kier molecular flexibility index (Phi) is 3.26. The molecule has 0 saturated heterocycles. The number of hydrogen-bond acceptors (Lipinski definition) is 3.